The van der Waals surface area contributed by atoms with E-state index in [-0.39, 0.29) is 24.1 Å². The molecule has 1 saturated heterocycles. The lowest BCUT2D eigenvalue weighted by Gasteiger charge is -2.18. The molecule has 0 spiro atoms. The van der Waals surface area contributed by atoms with E-state index >= 15 is 0 Å². The van der Waals surface area contributed by atoms with Gasteiger partial charge in [0, 0.05) is 25.2 Å². The first-order valence-electron chi connectivity index (χ1n) is 11.4. The van der Waals surface area contributed by atoms with Gasteiger partial charge in [0.05, 0.1) is 17.2 Å². The molecule has 4 rings (SSSR count). The highest BCUT2D eigenvalue weighted by molar-refractivity contribution is 6.07. The minimum absolute atomic E-state index is 0.0762. The summed E-state index contributed by atoms with van der Waals surface area (Å²) >= 11 is 0. The van der Waals surface area contributed by atoms with Crippen LogP contribution in [0.2, 0.25) is 0 Å². The van der Waals surface area contributed by atoms with E-state index in [1.54, 1.807) is 29.2 Å². The van der Waals surface area contributed by atoms with E-state index in [4.69, 9.17) is 0 Å². The molecule has 2 N–H and O–H groups in total. The molecule has 0 radical (unpaired) electrons. The van der Waals surface area contributed by atoms with Crippen LogP contribution in [0.3, 0.4) is 0 Å². The van der Waals surface area contributed by atoms with E-state index in [1.165, 1.54) is 0 Å². The van der Waals surface area contributed by atoms with Crippen LogP contribution < -0.4 is 15.5 Å². The summed E-state index contributed by atoms with van der Waals surface area (Å²) in [6.07, 6.45) is 0.139. The molecule has 34 heavy (non-hydrogen) atoms. The number of hydrogen-bond acceptors (Lipinski definition) is 3. The first-order chi connectivity index (χ1) is 16.3. The largest absolute Gasteiger partial charge is 0.348 e. The van der Waals surface area contributed by atoms with Crippen molar-refractivity contribution in [2.24, 2.45) is 5.92 Å². The molecule has 6 heteroatoms. The summed E-state index contributed by atoms with van der Waals surface area (Å²) in [6.45, 7) is 6.74. The van der Waals surface area contributed by atoms with Gasteiger partial charge in [-0.25, -0.2) is 0 Å². The third-order valence-corrected chi connectivity index (χ3v) is 6.43. The molecule has 6 nitrogen and oxygen atoms in total. The van der Waals surface area contributed by atoms with Crippen molar-refractivity contribution in [3.8, 4) is 0 Å². The standard InChI is InChI=1S/C28H29N3O3/c1-18-12-13-23(14-20(18)3)31-17-22(15-26(31)32)27(33)30-25-11-7-6-10-24(25)28(34)29-16-21-9-5-4-8-19(21)2/h4-14,22H,15-17H2,1-3H3,(H,29,34)(H,30,33)/t22-/m0/s1. The Balaban J connectivity index is 1.43. The fourth-order valence-corrected chi connectivity index (χ4v) is 4.13. The van der Waals surface area contributed by atoms with E-state index < -0.39 is 5.92 Å². The molecule has 1 aliphatic rings. The second kappa shape index (κ2) is 9.91. The zero-order valence-electron chi connectivity index (χ0n) is 19.7. The predicted octanol–water partition coefficient (Wildman–Crippen LogP) is 4.53. The number of para-hydroxylation sites is 1. The lowest BCUT2D eigenvalue weighted by molar-refractivity contribution is -0.122. The summed E-state index contributed by atoms with van der Waals surface area (Å²) < 4.78 is 0. The van der Waals surface area contributed by atoms with Gasteiger partial charge in [-0.1, -0.05) is 42.5 Å². The van der Waals surface area contributed by atoms with Crippen LogP contribution >= 0.6 is 0 Å². The minimum Gasteiger partial charge on any atom is -0.348 e. The molecule has 0 unspecified atom stereocenters. The van der Waals surface area contributed by atoms with E-state index in [0.29, 0.717) is 24.3 Å². The maximum Gasteiger partial charge on any atom is 0.253 e. The molecule has 1 heterocycles. The van der Waals surface area contributed by atoms with E-state index in [2.05, 4.69) is 10.6 Å². The molecule has 1 aliphatic heterocycles. The lowest BCUT2D eigenvalue weighted by atomic mass is 10.1. The molecule has 3 amide bonds. The van der Waals surface area contributed by atoms with Gasteiger partial charge < -0.3 is 15.5 Å². The Morgan fingerprint density at radius 3 is 2.41 bits per heavy atom. The van der Waals surface area contributed by atoms with Crippen molar-refractivity contribution in [3.63, 3.8) is 0 Å². The number of benzene rings is 3. The molecule has 3 aromatic carbocycles. The van der Waals surface area contributed by atoms with E-state index in [1.807, 2.05) is 63.2 Å². The summed E-state index contributed by atoms with van der Waals surface area (Å²) in [5, 5.41) is 5.81. The number of amides is 3. The SMILES string of the molecule is Cc1ccc(N2C[C@@H](C(=O)Nc3ccccc3C(=O)NCc3ccccc3C)CC2=O)cc1C. The number of aryl methyl sites for hydroxylation is 3. The summed E-state index contributed by atoms with van der Waals surface area (Å²) in [5.41, 5.74) is 6.02. The number of anilines is 2. The van der Waals surface area contributed by atoms with Crippen LogP contribution in [0.25, 0.3) is 0 Å². The first kappa shape index (κ1) is 23.2. The van der Waals surface area contributed by atoms with Crippen LogP contribution in [-0.2, 0) is 16.1 Å². The Hall–Kier alpha value is -3.93. The van der Waals surface area contributed by atoms with Crippen LogP contribution in [0.5, 0.6) is 0 Å². The molecule has 1 atom stereocenters. The van der Waals surface area contributed by atoms with E-state index in [9.17, 15) is 14.4 Å². The second-order valence-electron chi connectivity index (χ2n) is 8.82. The molecule has 174 valence electrons. The van der Waals surface area contributed by atoms with Crippen molar-refractivity contribution < 1.29 is 14.4 Å². The van der Waals surface area contributed by atoms with Gasteiger partial charge in [0.1, 0.15) is 0 Å². The van der Waals surface area contributed by atoms with Gasteiger partial charge in [-0.3, -0.25) is 14.4 Å². The normalized spacial score (nSPS) is 15.3. The monoisotopic (exact) mass is 455 g/mol. The van der Waals surface area contributed by atoms with Crippen LogP contribution in [0.4, 0.5) is 11.4 Å². The summed E-state index contributed by atoms with van der Waals surface area (Å²) in [4.78, 5) is 40.2. The Kier molecular flexibility index (Phi) is 6.77. The fraction of sp³-hybridized carbons (Fsp3) is 0.250. The quantitative estimate of drug-likeness (QED) is 0.573. The maximum atomic E-state index is 13.0. The average molecular weight is 456 g/mol. The predicted molar refractivity (Wildman–Crippen MR) is 134 cm³/mol. The lowest BCUT2D eigenvalue weighted by Crippen LogP contribution is -2.29. The second-order valence-corrected chi connectivity index (χ2v) is 8.82. The van der Waals surface area contributed by atoms with Gasteiger partial charge in [0.25, 0.3) is 5.91 Å². The van der Waals surface area contributed by atoms with Crippen molar-refractivity contribution in [2.75, 3.05) is 16.8 Å². The number of carbonyl (C=O) groups is 3. The summed E-state index contributed by atoms with van der Waals surface area (Å²) in [5.74, 6) is -1.10. The summed E-state index contributed by atoms with van der Waals surface area (Å²) in [7, 11) is 0. The molecular weight excluding hydrogens is 426 g/mol. The molecule has 1 fully saturated rings. The minimum atomic E-state index is -0.489. The Morgan fingerprint density at radius 1 is 0.912 bits per heavy atom. The Bertz CT molecular complexity index is 1250. The molecular formula is C28H29N3O3. The zero-order valence-corrected chi connectivity index (χ0v) is 19.7. The van der Waals surface area contributed by atoms with Crippen LogP contribution in [-0.4, -0.2) is 24.3 Å². The number of hydrogen-bond donors (Lipinski definition) is 2. The zero-order chi connectivity index (χ0) is 24.2. The highest BCUT2D eigenvalue weighted by atomic mass is 16.2. The highest BCUT2D eigenvalue weighted by Crippen LogP contribution is 2.28. The average Bonchev–Trinajstić information content (AvgIpc) is 3.22. The van der Waals surface area contributed by atoms with Crippen molar-refractivity contribution >= 4 is 29.1 Å². The van der Waals surface area contributed by atoms with Crippen LogP contribution in [0, 0.1) is 26.7 Å². The van der Waals surface area contributed by atoms with Gasteiger partial charge in [0.2, 0.25) is 11.8 Å². The van der Waals surface area contributed by atoms with Crippen molar-refractivity contribution in [2.45, 2.75) is 33.7 Å². The van der Waals surface area contributed by atoms with Gasteiger partial charge in [-0.05, 0) is 67.3 Å². The third kappa shape index (κ3) is 5.01. The topological polar surface area (TPSA) is 78.5 Å². The van der Waals surface area contributed by atoms with Crippen molar-refractivity contribution in [3.05, 3.63) is 94.5 Å². The van der Waals surface area contributed by atoms with Crippen molar-refractivity contribution in [1.29, 1.82) is 0 Å². The molecule has 0 aromatic heterocycles. The summed E-state index contributed by atoms with van der Waals surface area (Å²) in [6, 6.07) is 20.7. The Morgan fingerprint density at radius 2 is 1.65 bits per heavy atom. The maximum absolute atomic E-state index is 13.0. The van der Waals surface area contributed by atoms with Gasteiger partial charge in [0.15, 0.2) is 0 Å². The number of rotatable bonds is 6. The molecule has 0 aliphatic carbocycles. The molecule has 0 saturated carbocycles. The molecule has 3 aromatic rings. The van der Waals surface area contributed by atoms with Gasteiger partial charge in [-0.2, -0.15) is 0 Å². The molecule has 0 bridgehead atoms. The van der Waals surface area contributed by atoms with Crippen LogP contribution in [0.15, 0.2) is 66.7 Å². The number of carbonyl (C=O) groups excluding carboxylic acids is 3. The third-order valence-electron chi connectivity index (χ3n) is 6.43. The van der Waals surface area contributed by atoms with Crippen molar-refractivity contribution in [1.82, 2.24) is 5.32 Å². The number of nitrogens with one attached hydrogen (secondary N) is 2. The number of nitrogens with zero attached hydrogens (tertiary/aromatic N) is 1. The van der Waals surface area contributed by atoms with Crippen LogP contribution in [0.1, 0.15) is 39.0 Å². The fourth-order valence-electron chi connectivity index (χ4n) is 4.13. The first-order valence-corrected chi connectivity index (χ1v) is 11.4. The highest BCUT2D eigenvalue weighted by Gasteiger charge is 2.35. The Labute approximate surface area is 200 Å². The smallest absolute Gasteiger partial charge is 0.253 e. The van der Waals surface area contributed by atoms with E-state index in [0.717, 1.165) is 27.9 Å². The van der Waals surface area contributed by atoms with Gasteiger partial charge in [-0.15, -0.1) is 0 Å². The van der Waals surface area contributed by atoms with Gasteiger partial charge >= 0.3 is 0 Å².